The van der Waals surface area contributed by atoms with Gasteiger partial charge >= 0.3 is 0 Å². The van der Waals surface area contributed by atoms with Crippen LogP contribution in [0.4, 0.5) is 0 Å². The number of nitrogens with zero attached hydrogens (tertiary/aromatic N) is 3. The molecule has 0 heterocycles. The van der Waals surface area contributed by atoms with Gasteiger partial charge in [-0.05, 0) is 59.0 Å². The Morgan fingerprint density at radius 3 is 1.39 bits per heavy atom. The predicted molar refractivity (Wildman–Crippen MR) is 78.6 cm³/mol. The van der Waals surface area contributed by atoms with Crippen molar-refractivity contribution in [2.45, 2.75) is 19.6 Å². The molecule has 0 N–H and O–H groups in total. The van der Waals surface area contributed by atoms with Crippen LogP contribution in [0.25, 0.3) is 0 Å². The molecule has 0 aliphatic rings. The summed E-state index contributed by atoms with van der Waals surface area (Å²) < 4.78 is 0. The summed E-state index contributed by atoms with van der Waals surface area (Å²) in [6, 6.07) is 6.67. The quantitative estimate of drug-likeness (QED) is 0.762. The molecule has 0 fully saturated rings. The molecular weight excluding hydrogens is 222 g/mol. The van der Waals surface area contributed by atoms with Crippen LogP contribution in [0.3, 0.4) is 0 Å². The maximum Gasteiger partial charge on any atom is 0.0234 e. The lowest BCUT2D eigenvalue weighted by Crippen LogP contribution is -2.20. The molecule has 18 heavy (non-hydrogen) atoms. The van der Waals surface area contributed by atoms with Crippen LogP contribution in [0, 0.1) is 0 Å². The predicted octanol–water partition coefficient (Wildman–Crippen LogP) is 1.87. The molecule has 0 saturated heterocycles. The lowest BCUT2D eigenvalue weighted by molar-refractivity contribution is 0.368. The van der Waals surface area contributed by atoms with Crippen molar-refractivity contribution in [2.75, 3.05) is 42.3 Å². The van der Waals surface area contributed by atoms with Gasteiger partial charge in [0.1, 0.15) is 0 Å². The largest absolute Gasteiger partial charge is 0.305 e. The van der Waals surface area contributed by atoms with E-state index in [2.05, 4.69) is 75.2 Å². The highest BCUT2D eigenvalue weighted by Crippen LogP contribution is 2.19. The minimum atomic E-state index is 1.00. The van der Waals surface area contributed by atoms with Gasteiger partial charge < -0.3 is 14.7 Å². The fourth-order valence-electron chi connectivity index (χ4n) is 2.18. The van der Waals surface area contributed by atoms with Gasteiger partial charge in [-0.3, -0.25) is 0 Å². The first kappa shape index (κ1) is 15.2. The van der Waals surface area contributed by atoms with Gasteiger partial charge in [0.25, 0.3) is 0 Å². The molecule has 3 heteroatoms. The van der Waals surface area contributed by atoms with Gasteiger partial charge in [-0.2, -0.15) is 0 Å². The summed E-state index contributed by atoms with van der Waals surface area (Å²) in [5.41, 5.74) is 4.35. The Hall–Kier alpha value is -0.900. The van der Waals surface area contributed by atoms with Gasteiger partial charge in [-0.1, -0.05) is 18.2 Å². The van der Waals surface area contributed by atoms with E-state index in [4.69, 9.17) is 0 Å². The van der Waals surface area contributed by atoms with Gasteiger partial charge in [0.05, 0.1) is 0 Å². The van der Waals surface area contributed by atoms with E-state index >= 15 is 0 Å². The summed E-state index contributed by atoms with van der Waals surface area (Å²) in [5.74, 6) is 0. The van der Waals surface area contributed by atoms with E-state index in [1.807, 2.05) is 0 Å². The number of hydrogen-bond donors (Lipinski definition) is 0. The Morgan fingerprint density at radius 1 is 0.667 bits per heavy atom. The van der Waals surface area contributed by atoms with E-state index in [1.54, 1.807) is 0 Å². The molecule has 0 saturated carbocycles. The van der Waals surface area contributed by atoms with E-state index in [1.165, 1.54) is 16.7 Å². The third-order valence-corrected chi connectivity index (χ3v) is 2.82. The lowest BCUT2D eigenvalue weighted by atomic mass is 9.99. The molecule has 0 aliphatic carbocycles. The van der Waals surface area contributed by atoms with Crippen molar-refractivity contribution in [1.82, 2.24) is 14.7 Å². The molecule has 0 radical (unpaired) electrons. The summed E-state index contributed by atoms with van der Waals surface area (Å²) >= 11 is 0. The second-order valence-corrected chi connectivity index (χ2v) is 5.77. The lowest BCUT2D eigenvalue weighted by Gasteiger charge is -2.22. The Labute approximate surface area is 112 Å². The van der Waals surface area contributed by atoms with Crippen LogP contribution >= 0.6 is 0 Å². The van der Waals surface area contributed by atoms with Crippen LogP contribution < -0.4 is 0 Å². The Morgan fingerprint density at radius 2 is 1.06 bits per heavy atom. The van der Waals surface area contributed by atoms with Crippen LogP contribution in [-0.4, -0.2) is 57.0 Å². The Kier molecular flexibility index (Phi) is 5.79. The van der Waals surface area contributed by atoms with E-state index < -0.39 is 0 Å². The zero-order valence-corrected chi connectivity index (χ0v) is 12.7. The van der Waals surface area contributed by atoms with Crippen LogP contribution in [0.2, 0.25) is 0 Å². The smallest absolute Gasteiger partial charge is 0.0234 e. The average molecular weight is 249 g/mol. The molecule has 1 aromatic carbocycles. The van der Waals surface area contributed by atoms with E-state index in [-0.39, 0.29) is 0 Å². The highest BCUT2D eigenvalue weighted by molar-refractivity contribution is 5.35. The van der Waals surface area contributed by atoms with Crippen molar-refractivity contribution in [2.24, 2.45) is 0 Å². The van der Waals surface area contributed by atoms with Crippen LogP contribution in [0.1, 0.15) is 16.7 Å². The zero-order chi connectivity index (χ0) is 13.7. The molecule has 0 atom stereocenters. The van der Waals surface area contributed by atoms with Crippen molar-refractivity contribution >= 4 is 0 Å². The summed E-state index contributed by atoms with van der Waals surface area (Å²) in [4.78, 5) is 6.70. The van der Waals surface area contributed by atoms with Crippen molar-refractivity contribution in [3.8, 4) is 0 Å². The van der Waals surface area contributed by atoms with Crippen molar-refractivity contribution in [3.05, 3.63) is 34.9 Å². The van der Waals surface area contributed by atoms with Crippen LogP contribution in [-0.2, 0) is 19.6 Å². The van der Waals surface area contributed by atoms with Gasteiger partial charge in [-0.25, -0.2) is 0 Å². The molecule has 0 unspecified atom stereocenters. The Balaban J connectivity index is 3.08. The standard InChI is InChI=1S/C15H27N3/c1-16(2)10-13-8-7-9-14(11-17(3)4)15(13)12-18(5)6/h7-9H,10-12H2,1-6H3. The molecule has 102 valence electrons. The van der Waals surface area contributed by atoms with E-state index in [0.717, 1.165) is 19.6 Å². The first-order valence-electron chi connectivity index (χ1n) is 6.44. The molecule has 1 rings (SSSR count). The molecular formula is C15H27N3. The average Bonchev–Trinajstić information content (AvgIpc) is 2.20. The maximum atomic E-state index is 2.25. The zero-order valence-electron chi connectivity index (χ0n) is 12.7. The molecule has 3 nitrogen and oxygen atoms in total. The van der Waals surface area contributed by atoms with Gasteiger partial charge in [0, 0.05) is 19.6 Å². The fourth-order valence-corrected chi connectivity index (χ4v) is 2.18. The second-order valence-electron chi connectivity index (χ2n) is 5.77. The van der Waals surface area contributed by atoms with Crippen molar-refractivity contribution < 1.29 is 0 Å². The van der Waals surface area contributed by atoms with Crippen LogP contribution in [0.15, 0.2) is 18.2 Å². The minimum absolute atomic E-state index is 1.00. The molecule has 0 aliphatic heterocycles. The van der Waals surface area contributed by atoms with Gasteiger partial charge in [0.15, 0.2) is 0 Å². The normalized spacial score (nSPS) is 11.8. The molecule has 1 aromatic rings. The second kappa shape index (κ2) is 6.88. The first-order valence-corrected chi connectivity index (χ1v) is 6.44. The number of hydrogen-bond acceptors (Lipinski definition) is 3. The van der Waals surface area contributed by atoms with Crippen LogP contribution in [0.5, 0.6) is 0 Å². The van der Waals surface area contributed by atoms with Crippen molar-refractivity contribution in [1.29, 1.82) is 0 Å². The monoisotopic (exact) mass is 249 g/mol. The van der Waals surface area contributed by atoms with E-state index in [9.17, 15) is 0 Å². The molecule has 0 amide bonds. The van der Waals surface area contributed by atoms with E-state index in [0.29, 0.717) is 0 Å². The highest BCUT2D eigenvalue weighted by Gasteiger charge is 2.10. The first-order chi connectivity index (χ1) is 8.40. The summed E-state index contributed by atoms with van der Waals surface area (Å²) in [6.45, 7) is 3.02. The summed E-state index contributed by atoms with van der Waals surface area (Å²) in [5, 5.41) is 0. The molecule has 0 aromatic heterocycles. The number of rotatable bonds is 6. The number of benzene rings is 1. The maximum absolute atomic E-state index is 2.25. The van der Waals surface area contributed by atoms with Crippen molar-refractivity contribution in [3.63, 3.8) is 0 Å². The fraction of sp³-hybridized carbons (Fsp3) is 0.600. The van der Waals surface area contributed by atoms with Gasteiger partial charge in [-0.15, -0.1) is 0 Å². The Bertz CT molecular complexity index is 342. The summed E-state index contributed by atoms with van der Waals surface area (Å²) in [6.07, 6.45) is 0. The third kappa shape index (κ3) is 4.77. The molecule has 0 bridgehead atoms. The summed E-state index contributed by atoms with van der Waals surface area (Å²) in [7, 11) is 12.8. The topological polar surface area (TPSA) is 9.72 Å². The van der Waals surface area contributed by atoms with Gasteiger partial charge in [0.2, 0.25) is 0 Å². The highest BCUT2D eigenvalue weighted by atomic mass is 15.1. The SMILES string of the molecule is CN(C)Cc1cccc(CN(C)C)c1CN(C)C. The molecule has 0 spiro atoms. The minimum Gasteiger partial charge on any atom is -0.305 e. The third-order valence-electron chi connectivity index (χ3n) is 2.82.